The Morgan fingerprint density at radius 2 is 2.09 bits per heavy atom. The fourth-order valence-electron chi connectivity index (χ4n) is 3.56. The van der Waals surface area contributed by atoms with Crippen molar-refractivity contribution >= 4 is 12.2 Å². The van der Waals surface area contributed by atoms with E-state index in [2.05, 4.69) is 42.5 Å². The largest absolute Gasteiger partial charge is 0.497 e. The summed E-state index contributed by atoms with van der Waals surface area (Å²) in [5.74, 6) is 2.73. The molecule has 1 aliphatic carbocycles. The summed E-state index contributed by atoms with van der Waals surface area (Å²) in [4.78, 5) is 0. The first-order valence-corrected chi connectivity index (χ1v) is 7.86. The predicted octanol–water partition coefficient (Wildman–Crippen LogP) is 4.17. The zero-order valence-electron chi connectivity index (χ0n) is 12.8. The second-order valence-electron chi connectivity index (χ2n) is 6.03. The zero-order chi connectivity index (χ0) is 15.4. The smallest absolute Gasteiger partial charge is 0.150 e. The highest BCUT2D eigenvalue weighted by molar-refractivity contribution is 5.77. The molecule has 3 heteroatoms. The quantitative estimate of drug-likeness (QED) is 0.791. The third-order valence-electron chi connectivity index (χ3n) is 4.75. The molecule has 0 amide bonds. The maximum Gasteiger partial charge on any atom is 0.150 e. The molecule has 2 heterocycles. The van der Waals surface area contributed by atoms with Crippen LogP contribution in [-0.2, 0) is 6.42 Å². The van der Waals surface area contributed by atoms with Gasteiger partial charge in [0.2, 0.25) is 0 Å². The average Bonchev–Trinajstić information content (AvgIpc) is 3.08. The lowest BCUT2D eigenvalue weighted by atomic mass is 9.87. The van der Waals surface area contributed by atoms with Crippen molar-refractivity contribution in [3.8, 4) is 17.2 Å². The molecular formula is C20H16O3. The molecule has 0 saturated carbocycles. The Morgan fingerprint density at radius 3 is 3.00 bits per heavy atom. The fourth-order valence-corrected chi connectivity index (χ4v) is 3.56. The number of benzene rings is 2. The summed E-state index contributed by atoms with van der Waals surface area (Å²) >= 11 is 0. The Hall–Kier alpha value is -2.68. The van der Waals surface area contributed by atoms with Crippen LogP contribution < -0.4 is 14.2 Å². The van der Waals surface area contributed by atoms with Gasteiger partial charge in [0.25, 0.3) is 0 Å². The summed E-state index contributed by atoms with van der Waals surface area (Å²) in [7, 11) is 1.69. The number of hydrogen-bond acceptors (Lipinski definition) is 3. The minimum absolute atomic E-state index is 0.0861. The Kier molecular flexibility index (Phi) is 2.60. The molecule has 23 heavy (non-hydrogen) atoms. The molecule has 0 saturated heterocycles. The van der Waals surface area contributed by atoms with Gasteiger partial charge in [0, 0.05) is 12.0 Å². The van der Waals surface area contributed by atoms with Crippen LogP contribution in [0.2, 0.25) is 0 Å². The van der Waals surface area contributed by atoms with E-state index in [-0.39, 0.29) is 6.10 Å². The van der Waals surface area contributed by atoms with Gasteiger partial charge in [-0.1, -0.05) is 24.3 Å². The molecule has 0 fully saturated rings. The Morgan fingerprint density at radius 1 is 1.13 bits per heavy atom. The standard InChI is InChI=1S/C20H16O3/c1-21-15-6-4-12-2-3-14-10-17-18(23-20(14)16(12)11-15)7-5-13-8-9-22-19(13)17/h2-7,10-11,20H,8-9H2,1H3. The van der Waals surface area contributed by atoms with Crippen LogP contribution in [0.3, 0.4) is 0 Å². The first-order valence-electron chi connectivity index (χ1n) is 7.86. The second-order valence-corrected chi connectivity index (χ2v) is 6.03. The highest BCUT2D eigenvalue weighted by Gasteiger charge is 2.30. The molecule has 5 rings (SSSR count). The van der Waals surface area contributed by atoms with Crippen molar-refractivity contribution < 1.29 is 14.2 Å². The van der Waals surface area contributed by atoms with E-state index in [0.717, 1.165) is 47.0 Å². The summed E-state index contributed by atoms with van der Waals surface area (Å²) in [6.07, 6.45) is 7.36. The lowest BCUT2D eigenvalue weighted by Crippen LogP contribution is -2.17. The van der Waals surface area contributed by atoms with Crippen LogP contribution in [0, 0.1) is 0 Å². The van der Waals surface area contributed by atoms with Gasteiger partial charge < -0.3 is 14.2 Å². The molecular weight excluding hydrogens is 288 g/mol. The summed E-state index contributed by atoms with van der Waals surface area (Å²) < 4.78 is 17.5. The first kappa shape index (κ1) is 12.8. The minimum Gasteiger partial charge on any atom is -0.497 e. The van der Waals surface area contributed by atoms with Crippen LogP contribution in [0.15, 0.2) is 42.0 Å². The van der Waals surface area contributed by atoms with Gasteiger partial charge in [-0.15, -0.1) is 0 Å². The molecule has 0 aromatic heterocycles. The van der Waals surface area contributed by atoms with Crippen LogP contribution in [0.1, 0.15) is 28.4 Å². The molecule has 0 spiro atoms. The number of hydrogen-bond donors (Lipinski definition) is 0. The number of rotatable bonds is 1. The van der Waals surface area contributed by atoms with Gasteiger partial charge in [-0.25, -0.2) is 0 Å². The highest BCUT2D eigenvalue weighted by atomic mass is 16.5. The zero-order valence-corrected chi connectivity index (χ0v) is 12.8. The van der Waals surface area contributed by atoms with Crippen LogP contribution in [0.5, 0.6) is 17.2 Å². The van der Waals surface area contributed by atoms with Gasteiger partial charge >= 0.3 is 0 Å². The number of methoxy groups -OCH3 is 1. The second kappa shape index (κ2) is 4.66. The van der Waals surface area contributed by atoms with Crippen molar-refractivity contribution in [2.24, 2.45) is 0 Å². The lowest BCUT2D eigenvalue weighted by molar-refractivity contribution is 0.239. The summed E-state index contributed by atoms with van der Waals surface area (Å²) in [6, 6.07) is 10.3. The van der Waals surface area contributed by atoms with Crippen molar-refractivity contribution in [2.75, 3.05) is 13.7 Å². The molecule has 2 aromatic rings. The van der Waals surface area contributed by atoms with Crippen molar-refractivity contribution in [2.45, 2.75) is 12.5 Å². The maximum atomic E-state index is 6.33. The number of fused-ring (bicyclic) bond motifs is 6. The van der Waals surface area contributed by atoms with Crippen LogP contribution in [-0.4, -0.2) is 13.7 Å². The van der Waals surface area contributed by atoms with E-state index in [1.165, 1.54) is 11.1 Å². The maximum absolute atomic E-state index is 6.33. The molecule has 3 aliphatic rings. The summed E-state index contributed by atoms with van der Waals surface area (Å²) in [5, 5.41) is 0. The molecule has 2 aromatic carbocycles. The van der Waals surface area contributed by atoms with Crippen LogP contribution >= 0.6 is 0 Å². The minimum atomic E-state index is -0.0861. The Labute approximate surface area is 134 Å². The van der Waals surface area contributed by atoms with Crippen molar-refractivity contribution in [1.29, 1.82) is 0 Å². The van der Waals surface area contributed by atoms with Gasteiger partial charge in [0.1, 0.15) is 23.4 Å². The van der Waals surface area contributed by atoms with Crippen LogP contribution in [0.25, 0.3) is 12.2 Å². The highest BCUT2D eigenvalue weighted by Crippen LogP contribution is 2.47. The topological polar surface area (TPSA) is 27.7 Å². The van der Waals surface area contributed by atoms with Crippen molar-refractivity contribution in [3.05, 3.63) is 64.2 Å². The van der Waals surface area contributed by atoms with E-state index in [1.54, 1.807) is 7.11 Å². The van der Waals surface area contributed by atoms with Gasteiger partial charge in [-0.3, -0.25) is 0 Å². The normalized spacial score (nSPS) is 19.5. The fraction of sp³-hybridized carbons (Fsp3) is 0.200. The van der Waals surface area contributed by atoms with Gasteiger partial charge in [0.15, 0.2) is 0 Å². The molecule has 0 radical (unpaired) electrons. The van der Waals surface area contributed by atoms with E-state index in [1.807, 2.05) is 6.07 Å². The molecule has 1 atom stereocenters. The number of ether oxygens (including phenoxy) is 3. The van der Waals surface area contributed by atoms with Crippen molar-refractivity contribution in [1.82, 2.24) is 0 Å². The van der Waals surface area contributed by atoms with E-state index in [4.69, 9.17) is 14.2 Å². The molecule has 1 unspecified atom stereocenters. The predicted molar refractivity (Wildman–Crippen MR) is 89.0 cm³/mol. The molecule has 2 aliphatic heterocycles. The van der Waals surface area contributed by atoms with Crippen molar-refractivity contribution in [3.63, 3.8) is 0 Å². The molecule has 3 nitrogen and oxygen atoms in total. The third-order valence-corrected chi connectivity index (χ3v) is 4.75. The summed E-state index contributed by atoms with van der Waals surface area (Å²) in [5.41, 5.74) is 5.81. The van der Waals surface area contributed by atoms with E-state index >= 15 is 0 Å². The van der Waals surface area contributed by atoms with Gasteiger partial charge in [-0.05, 0) is 41.0 Å². The average molecular weight is 304 g/mol. The molecule has 114 valence electrons. The Bertz CT molecular complexity index is 877. The monoisotopic (exact) mass is 304 g/mol. The Balaban J connectivity index is 1.66. The molecule has 0 N–H and O–H groups in total. The third kappa shape index (κ3) is 1.83. The SMILES string of the molecule is COc1ccc2c(c1)C1Oc3ccc4c(c3C=C1C=C2)OCC4. The van der Waals surface area contributed by atoms with Gasteiger partial charge in [0.05, 0.1) is 19.3 Å². The molecule has 0 bridgehead atoms. The van der Waals surface area contributed by atoms with E-state index < -0.39 is 0 Å². The lowest BCUT2D eigenvalue weighted by Gasteiger charge is -2.30. The summed E-state index contributed by atoms with van der Waals surface area (Å²) in [6.45, 7) is 0.758. The van der Waals surface area contributed by atoms with E-state index in [0.29, 0.717) is 0 Å². The first-order chi connectivity index (χ1) is 11.3. The van der Waals surface area contributed by atoms with E-state index in [9.17, 15) is 0 Å². The van der Waals surface area contributed by atoms with Crippen LogP contribution in [0.4, 0.5) is 0 Å². The van der Waals surface area contributed by atoms with Gasteiger partial charge in [-0.2, -0.15) is 0 Å².